The van der Waals surface area contributed by atoms with E-state index in [1.165, 1.54) is 0 Å². The van der Waals surface area contributed by atoms with Crippen molar-refractivity contribution in [1.29, 1.82) is 0 Å². The molecule has 0 aliphatic heterocycles. The van der Waals surface area contributed by atoms with Gasteiger partial charge in [-0.05, 0) is 44.0 Å². The molecular formula is C18H19ClO2P+. The van der Waals surface area contributed by atoms with E-state index in [9.17, 15) is 9.36 Å². The van der Waals surface area contributed by atoms with Crippen molar-refractivity contribution in [2.75, 3.05) is 0 Å². The summed E-state index contributed by atoms with van der Waals surface area (Å²) in [6.45, 7) is 5.80. The molecule has 0 aliphatic rings. The third-order valence-electron chi connectivity index (χ3n) is 3.83. The number of carbonyl (C=O) groups is 1. The van der Waals surface area contributed by atoms with Crippen LogP contribution in [0, 0.1) is 6.92 Å². The van der Waals surface area contributed by atoms with Gasteiger partial charge in [-0.1, -0.05) is 47.4 Å². The Morgan fingerprint density at radius 3 is 2.50 bits per heavy atom. The molecule has 0 amide bonds. The molecule has 0 bridgehead atoms. The third-order valence-corrected chi connectivity index (χ3v) is 6.17. The summed E-state index contributed by atoms with van der Waals surface area (Å²) >= 11 is 6.20. The van der Waals surface area contributed by atoms with Crippen molar-refractivity contribution in [2.24, 2.45) is 0 Å². The first kappa shape index (κ1) is 16.9. The molecular weight excluding hydrogens is 315 g/mol. The van der Waals surface area contributed by atoms with E-state index in [0.717, 1.165) is 12.0 Å². The lowest BCUT2D eigenvalue weighted by Gasteiger charge is -2.08. The highest BCUT2D eigenvalue weighted by Crippen LogP contribution is 2.32. The Kier molecular flexibility index (Phi) is 5.50. The maximum absolute atomic E-state index is 12.9. The first-order valence-electron chi connectivity index (χ1n) is 7.32. The van der Waals surface area contributed by atoms with Crippen LogP contribution in [0.1, 0.15) is 41.8 Å². The number of ketones is 1. The highest BCUT2D eigenvalue weighted by molar-refractivity contribution is 7.54. The van der Waals surface area contributed by atoms with Gasteiger partial charge in [-0.15, -0.1) is 0 Å². The van der Waals surface area contributed by atoms with Crippen LogP contribution >= 0.6 is 19.4 Å². The second-order valence-corrected chi connectivity index (χ2v) is 7.78. The molecule has 2 aromatic rings. The lowest BCUT2D eigenvalue weighted by atomic mass is 9.99. The van der Waals surface area contributed by atoms with Gasteiger partial charge in [-0.3, -0.25) is 4.79 Å². The molecule has 0 spiro atoms. The van der Waals surface area contributed by atoms with Gasteiger partial charge in [0.2, 0.25) is 5.30 Å². The molecule has 0 heterocycles. The number of carbonyl (C=O) groups excluding carboxylic acids is 1. The second kappa shape index (κ2) is 7.17. The van der Waals surface area contributed by atoms with Gasteiger partial charge in [0.05, 0.1) is 10.6 Å². The monoisotopic (exact) mass is 333 g/mol. The summed E-state index contributed by atoms with van der Waals surface area (Å²) in [7, 11) is -1.61. The molecule has 2 nitrogen and oxygen atoms in total. The number of halogens is 1. The zero-order valence-electron chi connectivity index (χ0n) is 13.0. The lowest BCUT2D eigenvalue weighted by Crippen LogP contribution is -2.17. The van der Waals surface area contributed by atoms with E-state index < -0.39 is 7.80 Å². The van der Waals surface area contributed by atoms with E-state index in [1.54, 1.807) is 24.3 Å². The van der Waals surface area contributed by atoms with Crippen LogP contribution in [0.25, 0.3) is 0 Å². The standard InChI is InChI=1S/C18H19ClO2P/c1-4-13(3)22(21)16-11-6-5-9-14(16)18(20)17-12(2)8-7-10-15(17)19/h5-11,13H,4H2,1-3H3/q+1. The smallest absolute Gasteiger partial charge is 0.288 e. The second-order valence-electron chi connectivity index (χ2n) is 5.36. The molecule has 22 heavy (non-hydrogen) atoms. The first-order chi connectivity index (χ1) is 10.5. The lowest BCUT2D eigenvalue weighted by molar-refractivity contribution is 0.103. The van der Waals surface area contributed by atoms with E-state index in [2.05, 4.69) is 0 Å². The van der Waals surface area contributed by atoms with Gasteiger partial charge in [0, 0.05) is 5.56 Å². The van der Waals surface area contributed by atoms with Crippen molar-refractivity contribution in [3.8, 4) is 0 Å². The molecule has 114 valence electrons. The maximum Gasteiger partial charge on any atom is 0.380 e. The van der Waals surface area contributed by atoms with Crippen molar-refractivity contribution in [3.05, 3.63) is 64.2 Å². The molecule has 2 atom stereocenters. The summed E-state index contributed by atoms with van der Waals surface area (Å²) < 4.78 is 12.7. The van der Waals surface area contributed by atoms with Gasteiger partial charge in [0.15, 0.2) is 11.4 Å². The zero-order chi connectivity index (χ0) is 16.3. The van der Waals surface area contributed by atoms with Gasteiger partial charge in [0.25, 0.3) is 0 Å². The third kappa shape index (κ3) is 3.29. The molecule has 2 rings (SSSR count). The molecule has 0 N–H and O–H groups in total. The Balaban J connectivity index is 2.54. The summed E-state index contributed by atoms with van der Waals surface area (Å²) in [5, 5.41) is 1.05. The number of hydrogen-bond donors (Lipinski definition) is 0. The minimum atomic E-state index is -1.61. The van der Waals surface area contributed by atoms with Gasteiger partial charge in [0.1, 0.15) is 0 Å². The fraction of sp³-hybridized carbons (Fsp3) is 0.278. The molecule has 2 aromatic carbocycles. The topological polar surface area (TPSA) is 34.1 Å². The quantitative estimate of drug-likeness (QED) is 0.561. The summed E-state index contributed by atoms with van der Waals surface area (Å²) in [5.41, 5.74) is 1.84. The average Bonchev–Trinajstić information content (AvgIpc) is 2.53. The van der Waals surface area contributed by atoms with Crippen LogP contribution in [0.2, 0.25) is 5.02 Å². The Bertz CT molecular complexity index is 705. The normalized spacial score (nSPS) is 12.8. The minimum Gasteiger partial charge on any atom is -0.288 e. The molecule has 4 heteroatoms. The predicted octanol–water partition coefficient (Wildman–Crippen LogP) is 5.13. The van der Waals surface area contributed by atoms with E-state index in [0.29, 0.717) is 21.5 Å². The Hall–Kier alpha value is -1.50. The van der Waals surface area contributed by atoms with Gasteiger partial charge in [-0.25, -0.2) is 0 Å². The number of rotatable bonds is 5. The summed E-state index contributed by atoms with van der Waals surface area (Å²) in [6.07, 6.45) is 0.808. The average molecular weight is 334 g/mol. The molecule has 0 aliphatic carbocycles. The van der Waals surface area contributed by atoms with E-state index in [1.807, 2.05) is 39.0 Å². The Morgan fingerprint density at radius 2 is 1.86 bits per heavy atom. The number of hydrogen-bond acceptors (Lipinski definition) is 2. The fourth-order valence-corrected chi connectivity index (χ4v) is 4.08. The fourth-order valence-electron chi connectivity index (χ4n) is 2.32. The molecule has 0 aromatic heterocycles. The summed E-state index contributed by atoms with van der Waals surface area (Å²) in [5.74, 6) is -0.162. The summed E-state index contributed by atoms with van der Waals surface area (Å²) in [4.78, 5) is 12.9. The van der Waals surface area contributed by atoms with Crippen molar-refractivity contribution in [2.45, 2.75) is 32.9 Å². The van der Waals surface area contributed by atoms with E-state index in [4.69, 9.17) is 11.6 Å². The van der Waals surface area contributed by atoms with Crippen LogP contribution in [0.4, 0.5) is 0 Å². The summed E-state index contributed by atoms with van der Waals surface area (Å²) in [6, 6.07) is 12.5. The molecule has 0 fully saturated rings. The maximum atomic E-state index is 12.9. The van der Waals surface area contributed by atoms with Crippen LogP contribution in [-0.2, 0) is 4.57 Å². The van der Waals surface area contributed by atoms with Crippen LogP contribution < -0.4 is 5.30 Å². The molecule has 0 radical (unpaired) electrons. The Morgan fingerprint density at radius 1 is 1.18 bits per heavy atom. The highest BCUT2D eigenvalue weighted by atomic mass is 35.5. The number of aryl methyl sites for hydroxylation is 1. The predicted molar refractivity (Wildman–Crippen MR) is 93.1 cm³/mol. The zero-order valence-corrected chi connectivity index (χ0v) is 14.6. The van der Waals surface area contributed by atoms with Crippen LogP contribution in [-0.4, -0.2) is 11.4 Å². The van der Waals surface area contributed by atoms with E-state index in [-0.39, 0.29) is 11.4 Å². The van der Waals surface area contributed by atoms with Crippen molar-refractivity contribution >= 4 is 30.5 Å². The van der Waals surface area contributed by atoms with Gasteiger partial charge in [-0.2, -0.15) is 0 Å². The van der Waals surface area contributed by atoms with Crippen molar-refractivity contribution < 1.29 is 9.36 Å². The molecule has 0 saturated carbocycles. The molecule has 2 unspecified atom stereocenters. The highest BCUT2D eigenvalue weighted by Gasteiger charge is 2.32. The number of benzene rings is 2. The van der Waals surface area contributed by atoms with Crippen molar-refractivity contribution in [1.82, 2.24) is 0 Å². The van der Waals surface area contributed by atoms with Crippen LogP contribution in [0.3, 0.4) is 0 Å². The molecule has 0 saturated heterocycles. The van der Waals surface area contributed by atoms with Crippen LogP contribution in [0.5, 0.6) is 0 Å². The van der Waals surface area contributed by atoms with Crippen LogP contribution in [0.15, 0.2) is 42.5 Å². The van der Waals surface area contributed by atoms with Crippen molar-refractivity contribution in [3.63, 3.8) is 0 Å². The SMILES string of the molecule is CCC(C)[P+](=O)c1ccccc1C(=O)c1c(C)cccc1Cl. The first-order valence-corrected chi connectivity index (χ1v) is 9.03. The Labute approximate surface area is 137 Å². The van der Waals surface area contributed by atoms with Gasteiger partial charge < -0.3 is 0 Å². The van der Waals surface area contributed by atoms with Gasteiger partial charge >= 0.3 is 7.80 Å². The minimum absolute atomic E-state index is 0.0382. The van der Waals surface area contributed by atoms with E-state index >= 15 is 0 Å². The largest absolute Gasteiger partial charge is 0.380 e.